The van der Waals surface area contributed by atoms with Gasteiger partial charge in [0, 0.05) is 36.5 Å². The van der Waals surface area contributed by atoms with Crippen LogP contribution in [-0.2, 0) is 29.0 Å². The molecule has 0 aliphatic carbocycles. The number of quaternary nitrogens is 1. The van der Waals surface area contributed by atoms with Crippen molar-refractivity contribution < 1.29 is 38.1 Å². The molecule has 0 bridgehead atoms. The molecule has 0 aromatic heterocycles. The lowest BCUT2D eigenvalue weighted by molar-refractivity contribution is -0.941. The quantitative estimate of drug-likeness (QED) is 0.206. The number of methoxy groups -OCH3 is 4. The van der Waals surface area contributed by atoms with E-state index < -0.39 is 5.97 Å². The number of rotatable bonds is 12. The van der Waals surface area contributed by atoms with Crippen LogP contribution >= 0.6 is 0 Å². The summed E-state index contributed by atoms with van der Waals surface area (Å²) < 4.78 is 28.3. The van der Waals surface area contributed by atoms with E-state index in [1.807, 2.05) is 12.1 Å². The Labute approximate surface area is 213 Å². The number of ether oxygens (including phenoxy) is 5. The van der Waals surface area contributed by atoms with Gasteiger partial charge in [-0.3, -0.25) is 0 Å². The van der Waals surface area contributed by atoms with Crippen LogP contribution in [0, 0.1) is 0 Å². The van der Waals surface area contributed by atoms with Crippen molar-refractivity contribution in [2.75, 3.05) is 55.2 Å². The van der Waals surface area contributed by atoms with Crippen LogP contribution in [0.25, 0.3) is 0 Å². The summed E-state index contributed by atoms with van der Waals surface area (Å²) in [5.74, 6) is 2.14. The van der Waals surface area contributed by atoms with Crippen molar-refractivity contribution in [3.8, 4) is 23.0 Å². The molecule has 1 aliphatic rings. The van der Waals surface area contributed by atoms with Crippen molar-refractivity contribution in [1.29, 1.82) is 0 Å². The Bertz CT molecular complexity index is 1060. The normalized spacial score (nSPS) is 18.7. The lowest BCUT2D eigenvalue weighted by Gasteiger charge is -2.46. The van der Waals surface area contributed by atoms with Crippen molar-refractivity contribution in [2.45, 2.75) is 31.9 Å². The van der Waals surface area contributed by atoms with E-state index in [0.717, 1.165) is 41.7 Å². The number of carbonyl (C=O) groups is 1. The molecular formula is C28H38NO7+. The highest BCUT2D eigenvalue weighted by molar-refractivity contribution is 5.81. The third-order valence-corrected chi connectivity index (χ3v) is 7.09. The Morgan fingerprint density at radius 1 is 1.06 bits per heavy atom. The summed E-state index contributed by atoms with van der Waals surface area (Å²) in [6.07, 6.45) is 3.51. The number of aliphatic hydroxyl groups is 1. The van der Waals surface area contributed by atoms with Crippen LogP contribution in [0.3, 0.4) is 0 Å². The van der Waals surface area contributed by atoms with Gasteiger partial charge in [-0.15, -0.1) is 0 Å². The minimum atomic E-state index is -0.406. The Morgan fingerprint density at radius 3 is 2.36 bits per heavy atom. The van der Waals surface area contributed by atoms with Crippen molar-refractivity contribution in [2.24, 2.45) is 0 Å². The molecule has 0 amide bonds. The summed E-state index contributed by atoms with van der Waals surface area (Å²) in [7, 11) is 8.70. The first-order chi connectivity index (χ1) is 17.3. The van der Waals surface area contributed by atoms with Crippen LogP contribution in [0.5, 0.6) is 23.0 Å². The summed E-state index contributed by atoms with van der Waals surface area (Å²) >= 11 is 0. The standard InChI is InChI=1S/C28H38NO7/c1-7-27(31)36-12-8-10-29(2)11-9-20-16-24(32-3)25(33-4)17-22(20)23(29)14-19-13-21(18-30)28(35-6)26(15-19)34-5/h7,13,15-17,23,30H,1,8-12,14,18H2,2-6H3/q+1/t23-,29-/m1/s1. The lowest BCUT2D eigenvalue weighted by Crippen LogP contribution is -2.52. The fourth-order valence-corrected chi connectivity index (χ4v) is 5.15. The molecule has 2 aromatic carbocycles. The van der Waals surface area contributed by atoms with Crippen LogP contribution < -0.4 is 18.9 Å². The highest BCUT2D eigenvalue weighted by Gasteiger charge is 2.40. The van der Waals surface area contributed by atoms with Crippen LogP contribution in [0.4, 0.5) is 0 Å². The fourth-order valence-electron chi connectivity index (χ4n) is 5.15. The van der Waals surface area contributed by atoms with Gasteiger partial charge in [0.1, 0.15) is 6.04 Å². The number of fused-ring (bicyclic) bond motifs is 1. The molecular weight excluding hydrogens is 462 g/mol. The van der Waals surface area contributed by atoms with Gasteiger partial charge in [-0.2, -0.15) is 0 Å². The Kier molecular flexibility index (Phi) is 9.23. The maximum atomic E-state index is 11.5. The molecule has 1 heterocycles. The molecule has 2 atom stereocenters. The van der Waals surface area contributed by atoms with Crippen LogP contribution in [0.15, 0.2) is 36.9 Å². The molecule has 8 nitrogen and oxygen atoms in total. The molecule has 36 heavy (non-hydrogen) atoms. The van der Waals surface area contributed by atoms with E-state index >= 15 is 0 Å². The topological polar surface area (TPSA) is 83.5 Å². The van der Waals surface area contributed by atoms with Crippen molar-refractivity contribution in [1.82, 2.24) is 0 Å². The molecule has 8 heteroatoms. The molecule has 0 spiro atoms. The first-order valence-electron chi connectivity index (χ1n) is 12.1. The minimum Gasteiger partial charge on any atom is -0.493 e. The third-order valence-electron chi connectivity index (χ3n) is 7.09. The number of aliphatic hydroxyl groups excluding tert-OH is 1. The summed E-state index contributed by atoms with van der Waals surface area (Å²) in [6, 6.07) is 8.20. The molecule has 196 valence electrons. The van der Waals surface area contributed by atoms with E-state index in [1.54, 1.807) is 28.4 Å². The van der Waals surface area contributed by atoms with Crippen molar-refractivity contribution >= 4 is 5.97 Å². The largest absolute Gasteiger partial charge is 0.493 e. The SMILES string of the molecule is C=CC(=O)OCCC[N@+]1(C)CCc2cc(OC)c(OC)cc2[C@H]1Cc1cc(CO)c(OC)c(OC)c1. The van der Waals surface area contributed by atoms with E-state index in [0.29, 0.717) is 35.8 Å². The molecule has 1 N–H and O–H groups in total. The second kappa shape index (κ2) is 12.1. The van der Waals surface area contributed by atoms with E-state index in [9.17, 15) is 9.90 Å². The van der Waals surface area contributed by atoms with Gasteiger partial charge in [0.2, 0.25) is 0 Å². The van der Waals surface area contributed by atoms with Gasteiger partial charge in [-0.25, -0.2) is 4.79 Å². The van der Waals surface area contributed by atoms with E-state index in [-0.39, 0.29) is 12.6 Å². The summed E-state index contributed by atoms with van der Waals surface area (Å²) in [4.78, 5) is 11.5. The summed E-state index contributed by atoms with van der Waals surface area (Å²) in [5, 5.41) is 9.98. The molecule has 1 aliphatic heterocycles. The van der Waals surface area contributed by atoms with E-state index in [2.05, 4.69) is 25.8 Å². The number of benzene rings is 2. The van der Waals surface area contributed by atoms with Crippen LogP contribution in [0.1, 0.15) is 34.7 Å². The van der Waals surface area contributed by atoms with Gasteiger partial charge in [-0.1, -0.05) is 6.58 Å². The van der Waals surface area contributed by atoms with Crippen LogP contribution in [-0.4, -0.2) is 70.7 Å². The second-order valence-electron chi connectivity index (χ2n) is 9.18. The number of hydrogen-bond acceptors (Lipinski definition) is 7. The van der Waals surface area contributed by atoms with Gasteiger partial charge in [-0.05, 0) is 35.4 Å². The third kappa shape index (κ3) is 5.77. The van der Waals surface area contributed by atoms with E-state index in [4.69, 9.17) is 23.7 Å². The molecule has 2 aromatic rings. The van der Waals surface area contributed by atoms with Gasteiger partial charge in [0.05, 0.1) is 61.8 Å². The Balaban J connectivity index is 2.02. The molecule has 0 fully saturated rings. The van der Waals surface area contributed by atoms with Gasteiger partial charge >= 0.3 is 5.97 Å². The van der Waals surface area contributed by atoms with Gasteiger partial charge < -0.3 is 33.3 Å². The molecule has 3 rings (SSSR count). The second-order valence-corrected chi connectivity index (χ2v) is 9.18. The van der Waals surface area contributed by atoms with Gasteiger partial charge in [0.15, 0.2) is 23.0 Å². The molecule has 0 radical (unpaired) electrons. The zero-order valence-electron chi connectivity index (χ0n) is 22.0. The molecule has 0 unspecified atom stereocenters. The average molecular weight is 501 g/mol. The highest BCUT2D eigenvalue weighted by atomic mass is 16.5. The Hall–Kier alpha value is -3.23. The Morgan fingerprint density at radius 2 is 1.75 bits per heavy atom. The predicted octanol–water partition coefficient (Wildman–Crippen LogP) is 3.62. The monoisotopic (exact) mass is 500 g/mol. The smallest absolute Gasteiger partial charge is 0.330 e. The van der Waals surface area contributed by atoms with E-state index in [1.165, 1.54) is 17.2 Å². The summed E-state index contributed by atoms with van der Waals surface area (Å²) in [6.45, 7) is 5.39. The first-order valence-corrected chi connectivity index (χ1v) is 12.1. The number of likely N-dealkylation sites (N-methyl/N-ethyl adjacent to an activating group) is 1. The minimum absolute atomic E-state index is 0.0910. The lowest BCUT2D eigenvalue weighted by atomic mass is 9.85. The zero-order chi connectivity index (χ0) is 26.3. The number of hydrogen-bond donors (Lipinski definition) is 1. The maximum Gasteiger partial charge on any atom is 0.330 e. The molecule has 0 saturated carbocycles. The van der Waals surface area contributed by atoms with Crippen molar-refractivity contribution in [3.63, 3.8) is 0 Å². The maximum absolute atomic E-state index is 11.5. The first kappa shape index (κ1) is 27.4. The summed E-state index contributed by atoms with van der Waals surface area (Å²) in [5.41, 5.74) is 4.14. The van der Waals surface area contributed by atoms with Crippen LogP contribution in [0.2, 0.25) is 0 Å². The molecule has 0 saturated heterocycles. The highest BCUT2D eigenvalue weighted by Crippen LogP contribution is 2.43. The number of nitrogens with zero attached hydrogens (tertiary/aromatic N) is 1. The van der Waals surface area contributed by atoms with Crippen molar-refractivity contribution in [3.05, 3.63) is 59.2 Å². The number of esters is 1. The number of carbonyl (C=O) groups excluding carboxylic acids is 1. The zero-order valence-corrected chi connectivity index (χ0v) is 22.0. The fraction of sp³-hybridized carbons (Fsp3) is 0.464. The predicted molar refractivity (Wildman–Crippen MR) is 137 cm³/mol. The van der Waals surface area contributed by atoms with Gasteiger partial charge in [0.25, 0.3) is 0 Å². The average Bonchev–Trinajstić information content (AvgIpc) is 2.91.